The number of carbonyl (C=O) groups excluding carboxylic acids is 1. The molecule has 0 bridgehead atoms. The van der Waals surface area contributed by atoms with Gasteiger partial charge in [0.1, 0.15) is 5.82 Å². The number of nitrogens with zero attached hydrogens (tertiary/aromatic N) is 2. The average molecular weight is 300 g/mol. The zero-order chi connectivity index (χ0) is 15.9. The van der Waals surface area contributed by atoms with Crippen molar-refractivity contribution in [2.75, 3.05) is 24.3 Å². The van der Waals surface area contributed by atoms with E-state index in [0.717, 1.165) is 18.1 Å². The number of benzene rings is 1. The minimum atomic E-state index is -0.359. The number of ether oxygens (including phenoxy) is 1. The Morgan fingerprint density at radius 2 is 1.95 bits per heavy atom. The fourth-order valence-electron chi connectivity index (χ4n) is 1.76. The molecule has 0 aliphatic rings. The molecule has 2 rings (SSSR count). The summed E-state index contributed by atoms with van der Waals surface area (Å²) in [6.07, 6.45) is 1.70. The van der Waals surface area contributed by atoms with Crippen molar-refractivity contribution in [3.63, 3.8) is 0 Å². The highest BCUT2D eigenvalue weighted by molar-refractivity contribution is 5.89. The molecule has 1 aromatic carbocycles. The largest absolute Gasteiger partial charge is 0.465 e. The third kappa shape index (κ3) is 4.44. The summed E-state index contributed by atoms with van der Waals surface area (Å²) in [5, 5.41) is 6.35. The normalized spacial score (nSPS) is 10.4. The van der Waals surface area contributed by atoms with Crippen LogP contribution in [0.3, 0.4) is 0 Å². The van der Waals surface area contributed by atoms with Crippen molar-refractivity contribution in [1.82, 2.24) is 9.97 Å². The van der Waals surface area contributed by atoms with Gasteiger partial charge in [-0.3, -0.25) is 0 Å². The Labute approximate surface area is 129 Å². The van der Waals surface area contributed by atoms with Gasteiger partial charge in [-0.25, -0.2) is 9.78 Å². The standard InChI is InChI=1S/C16H20N4O2/c1-11(2)10-18-14-8-9-17-16(20-14)19-13-6-4-12(5-7-13)15(21)22-3/h4-9,11H,10H2,1-3H3,(H2,17,18,19,20). The van der Waals surface area contributed by atoms with Crippen molar-refractivity contribution >= 4 is 23.4 Å². The minimum Gasteiger partial charge on any atom is -0.465 e. The number of carbonyl (C=O) groups is 1. The first kappa shape index (κ1) is 15.8. The van der Waals surface area contributed by atoms with Gasteiger partial charge in [0.2, 0.25) is 5.95 Å². The lowest BCUT2D eigenvalue weighted by Crippen LogP contribution is -2.10. The molecule has 2 N–H and O–H groups in total. The molecule has 0 radical (unpaired) electrons. The van der Waals surface area contributed by atoms with Crippen LogP contribution >= 0.6 is 0 Å². The van der Waals surface area contributed by atoms with E-state index in [0.29, 0.717) is 17.4 Å². The van der Waals surface area contributed by atoms with Gasteiger partial charge in [-0.1, -0.05) is 13.8 Å². The third-order valence-electron chi connectivity index (χ3n) is 2.91. The van der Waals surface area contributed by atoms with Crippen LogP contribution in [0.15, 0.2) is 36.5 Å². The van der Waals surface area contributed by atoms with Crippen molar-refractivity contribution < 1.29 is 9.53 Å². The monoisotopic (exact) mass is 300 g/mol. The molecule has 0 atom stereocenters. The second-order valence-corrected chi connectivity index (χ2v) is 5.23. The Bertz CT molecular complexity index is 626. The van der Waals surface area contributed by atoms with Gasteiger partial charge in [-0.15, -0.1) is 0 Å². The molecule has 6 heteroatoms. The molecular formula is C16H20N4O2. The summed E-state index contributed by atoms with van der Waals surface area (Å²) >= 11 is 0. The number of esters is 1. The van der Waals surface area contributed by atoms with Crippen molar-refractivity contribution in [3.05, 3.63) is 42.1 Å². The molecule has 0 saturated heterocycles. The zero-order valence-electron chi connectivity index (χ0n) is 13.0. The van der Waals surface area contributed by atoms with E-state index in [1.807, 2.05) is 6.07 Å². The van der Waals surface area contributed by atoms with Gasteiger partial charge in [-0.05, 0) is 36.2 Å². The van der Waals surface area contributed by atoms with E-state index in [4.69, 9.17) is 0 Å². The van der Waals surface area contributed by atoms with Crippen LogP contribution in [0.5, 0.6) is 0 Å². The second kappa shape index (κ2) is 7.40. The summed E-state index contributed by atoms with van der Waals surface area (Å²) in [5.74, 6) is 1.46. The van der Waals surface area contributed by atoms with Crippen LogP contribution in [0.1, 0.15) is 24.2 Å². The first-order valence-electron chi connectivity index (χ1n) is 7.11. The van der Waals surface area contributed by atoms with Crippen LogP contribution in [0.2, 0.25) is 0 Å². The Morgan fingerprint density at radius 1 is 1.23 bits per heavy atom. The van der Waals surface area contributed by atoms with E-state index >= 15 is 0 Å². The highest BCUT2D eigenvalue weighted by Crippen LogP contribution is 2.15. The zero-order valence-corrected chi connectivity index (χ0v) is 13.0. The number of hydrogen-bond acceptors (Lipinski definition) is 6. The predicted octanol–water partition coefficient (Wildman–Crippen LogP) is 3.07. The van der Waals surface area contributed by atoms with Crippen LogP contribution in [0.4, 0.5) is 17.5 Å². The summed E-state index contributed by atoms with van der Waals surface area (Å²) in [5.41, 5.74) is 1.30. The Hall–Kier alpha value is -2.63. The second-order valence-electron chi connectivity index (χ2n) is 5.23. The van der Waals surface area contributed by atoms with Gasteiger partial charge < -0.3 is 15.4 Å². The summed E-state index contributed by atoms with van der Waals surface area (Å²) in [7, 11) is 1.36. The third-order valence-corrected chi connectivity index (χ3v) is 2.91. The molecule has 1 heterocycles. The molecule has 2 aromatic rings. The summed E-state index contributed by atoms with van der Waals surface area (Å²) in [6.45, 7) is 5.12. The van der Waals surface area contributed by atoms with Gasteiger partial charge >= 0.3 is 5.97 Å². The van der Waals surface area contributed by atoms with Gasteiger partial charge in [0.15, 0.2) is 0 Å². The minimum absolute atomic E-state index is 0.359. The number of aromatic nitrogens is 2. The first-order valence-corrected chi connectivity index (χ1v) is 7.11. The Kier molecular flexibility index (Phi) is 5.30. The number of hydrogen-bond donors (Lipinski definition) is 2. The quantitative estimate of drug-likeness (QED) is 0.798. The molecule has 0 unspecified atom stereocenters. The lowest BCUT2D eigenvalue weighted by molar-refractivity contribution is 0.0601. The van der Waals surface area contributed by atoms with Crippen molar-refractivity contribution in [2.24, 2.45) is 5.92 Å². The van der Waals surface area contributed by atoms with Crippen molar-refractivity contribution in [2.45, 2.75) is 13.8 Å². The molecule has 0 fully saturated rings. The number of rotatable bonds is 6. The number of nitrogens with one attached hydrogen (secondary N) is 2. The molecule has 0 aliphatic heterocycles. The van der Waals surface area contributed by atoms with E-state index in [9.17, 15) is 4.79 Å². The molecule has 6 nitrogen and oxygen atoms in total. The van der Waals surface area contributed by atoms with E-state index in [-0.39, 0.29) is 5.97 Å². The van der Waals surface area contributed by atoms with E-state index in [1.165, 1.54) is 7.11 Å². The van der Waals surface area contributed by atoms with E-state index < -0.39 is 0 Å². The molecule has 116 valence electrons. The molecule has 0 amide bonds. The Balaban J connectivity index is 2.04. The summed E-state index contributed by atoms with van der Waals surface area (Å²) < 4.78 is 4.66. The van der Waals surface area contributed by atoms with Crippen molar-refractivity contribution in [3.8, 4) is 0 Å². The molecule has 0 spiro atoms. The fraction of sp³-hybridized carbons (Fsp3) is 0.312. The number of methoxy groups -OCH3 is 1. The van der Waals surface area contributed by atoms with Crippen LogP contribution in [0, 0.1) is 5.92 Å². The van der Waals surface area contributed by atoms with Crippen molar-refractivity contribution in [1.29, 1.82) is 0 Å². The molecule has 0 saturated carbocycles. The van der Waals surface area contributed by atoms with Gasteiger partial charge in [0.05, 0.1) is 12.7 Å². The molecular weight excluding hydrogens is 280 g/mol. The lowest BCUT2D eigenvalue weighted by atomic mass is 10.2. The fourth-order valence-corrected chi connectivity index (χ4v) is 1.76. The van der Waals surface area contributed by atoms with Crippen LogP contribution in [0.25, 0.3) is 0 Å². The summed E-state index contributed by atoms with van der Waals surface area (Å²) in [4.78, 5) is 19.9. The summed E-state index contributed by atoms with van der Waals surface area (Å²) in [6, 6.07) is 8.77. The van der Waals surface area contributed by atoms with E-state index in [2.05, 4.69) is 39.2 Å². The molecule has 0 aliphatic carbocycles. The van der Waals surface area contributed by atoms with Crippen LogP contribution in [-0.4, -0.2) is 29.6 Å². The Morgan fingerprint density at radius 3 is 2.59 bits per heavy atom. The van der Waals surface area contributed by atoms with Crippen LogP contribution in [-0.2, 0) is 4.74 Å². The smallest absolute Gasteiger partial charge is 0.337 e. The highest BCUT2D eigenvalue weighted by atomic mass is 16.5. The average Bonchev–Trinajstić information content (AvgIpc) is 2.53. The highest BCUT2D eigenvalue weighted by Gasteiger charge is 2.05. The van der Waals surface area contributed by atoms with Gasteiger partial charge in [-0.2, -0.15) is 4.98 Å². The van der Waals surface area contributed by atoms with Gasteiger partial charge in [0, 0.05) is 18.4 Å². The first-order chi connectivity index (χ1) is 10.6. The SMILES string of the molecule is COC(=O)c1ccc(Nc2nccc(NCC(C)C)n2)cc1. The number of anilines is 3. The maximum absolute atomic E-state index is 11.4. The maximum Gasteiger partial charge on any atom is 0.337 e. The van der Waals surface area contributed by atoms with Gasteiger partial charge in [0.25, 0.3) is 0 Å². The van der Waals surface area contributed by atoms with E-state index in [1.54, 1.807) is 30.5 Å². The van der Waals surface area contributed by atoms with Crippen LogP contribution < -0.4 is 10.6 Å². The molecule has 22 heavy (non-hydrogen) atoms. The molecule has 1 aromatic heterocycles. The maximum atomic E-state index is 11.4. The lowest BCUT2D eigenvalue weighted by Gasteiger charge is -2.10. The topological polar surface area (TPSA) is 76.1 Å². The predicted molar refractivity (Wildman–Crippen MR) is 86.4 cm³/mol.